The molecule has 0 unspecified atom stereocenters. The van der Waals surface area contributed by atoms with Crippen LogP contribution >= 0.6 is 23.4 Å². The third-order valence-corrected chi connectivity index (χ3v) is 3.67. The van der Waals surface area contributed by atoms with Crippen LogP contribution < -0.4 is 0 Å². The number of benzene rings is 1. The van der Waals surface area contributed by atoms with Crippen molar-refractivity contribution in [2.75, 3.05) is 19.1 Å². The largest absolute Gasteiger partial charge is 0.340 e. The summed E-state index contributed by atoms with van der Waals surface area (Å²) in [6, 6.07) is 5.51. The van der Waals surface area contributed by atoms with E-state index in [4.69, 9.17) is 11.6 Å². The third kappa shape index (κ3) is 3.64. The van der Waals surface area contributed by atoms with Crippen LogP contribution in [0.5, 0.6) is 0 Å². The van der Waals surface area contributed by atoms with E-state index >= 15 is 0 Å². The zero-order chi connectivity index (χ0) is 13.8. The van der Waals surface area contributed by atoms with Crippen LogP contribution in [0.4, 0.5) is 0 Å². The van der Waals surface area contributed by atoms with Gasteiger partial charge in [-0.3, -0.25) is 4.79 Å². The van der Waals surface area contributed by atoms with E-state index in [0.717, 1.165) is 22.6 Å². The van der Waals surface area contributed by atoms with E-state index in [0.29, 0.717) is 18.0 Å². The SMILES string of the molecule is CSCCC(=O)N(C)Cc1nc2ccc(Cl)cc2[nH]1. The van der Waals surface area contributed by atoms with E-state index in [1.54, 1.807) is 23.7 Å². The van der Waals surface area contributed by atoms with E-state index in [1.807, 2.05) is 24.5 Å². The predicted octanol–water partition coefficient (Wildman–Crippen LogP) is 2.93. The molecule has 0 aliphatic rings. The summed E-state index contributed by atoms with van der Waals surface area (Å²) in [6.07, 6.45) is 2.56. The Morgan fingerprint density at radius 1 is 1.53 bits per heavy atom. The average molecular weight is 298 g/mol. The molecule has 4 nitrogen and oxygen atoms in total. The molecular formula is C13H16ClN3OS. The van der Waals surface area contributed by atoms with Gasteiger partial charge < -0.3 is 9.88 Å². The monoisotopic (exact) mass is 297 g/mol. The van der Waals surface area contributed by atoms with E-state index in [9.17, 15) is 4.79 Å². The summed E-state index contributed by atoms with van der Waals surface area (Å²) >= 11 is 7.60. The summed E-state index contributed by atoms with van der Waals surface area (Å²) in [5, 5.41) is 0.673. The summed E-state index contributed by atoms with van der Waals surface area (Å²) in [4.78, 5) is 21.1. The zero-order valence-corrected chi connectivity index (χ0v) is 12.5. The van der Waals surface area contributed by atoms with Crippen molar-refractivity contribution in [2.24, 2.45) is 0 Å². The fourth-order valence-corrected chi connectivity index (χ4v) is 2.35. The first-order valence-electron chi connectivity index (χ1n) is 5.97. The number of imidazole rings is 1. The molecule has 1 heterocycles. The van der Waals surface area contributed by atoms with Crippen LogP contribution in [0, 0.1) is 0 Å². The Hall–Kier alpha value is -1.20. The van der Waals surface area contributed by atoms with E-state index < -0.39 is 0 Å². The first kappa shape index (κ1) is 14.2. The highest BCUT2D eigenvalue weighted by molar-refractivity contribution is 7.98. The molecule has 0 saturated carbocycles. The molecule has 0 aliphatic carbocycles. The lowest BCUT2D eigenvalue weighted by Gasteiger charge is -2.15. The molecule has 0 saturated heterocycles. The number of H-pyrrole nitrogens is 1. The Labute approximate surface area is 121 Å². The van der Waals surface area contributed by atoms with Crippen molar-refractivity contribution >= 4 is 40.3 Å². The van der Waals surface area contributed by atoms with Crippen molar-refractivity contribution in [2.45, 2.75) is 13.0 Å². The Morgan fingerprint density at radius 3 is 3.05 bits per heavy atom. The van der Waals surface area contributed by atoms with Crippen LogP contribution in [-0.4, -0.2) is 39.8 Å². The van der Waals surface area contributed by atoms with Crippen LogP contribution in [-0.2, 0) is 11.3 Å². The van der Waals surface area contributed by atoms with Gasteiger partial charge in [-0.15, -0.1) is 0 Å². The maximum absolute atomic E-state index is 11.8. The number of aromatic nitrogens is 2. The van der Waals surface area contributed by atoms with Crippen molar-refractivity contribution in [3.05, 3.63) is 29.0 Å². The van der Waals surface area contributed by atoms with Gasteiger partial charge in [0.25, 0.3) is 0 Å². The minimum atomic E-state index is 0.132. The minimum absolute atomic E-state index is 0.132. The quantitative estimate of drug-likeness (QED) is 0.923. The number of hydrogen-bond acceptors (Lipinski definition) is 3. The first-order chi connectivity index (χ1) is 9.10. The number of thioether (sulfide) groups is 1. The van der Waals surface area contributed by atoms with Crippen LogP contribution in [0.25, 0.3) is 11.0 Å². The second-order valence-electron chi connectivity index (χ2n) is 4.34. The van der Waals surface area contributed by atoms with Gasteiger partial charge in [-0.05, 0) is 24.5 Å². The molecule has 1 amide bonds. The van der Waals surface area contributed by atoms with Gasteiger partial charge in [0.2, 0.25) is 5.91 Å². The van der Waals surface area contributed by atoms with Crippen molar-refractivity contribution in [3.63, 3.8) is 0 Å². The topological polar surface area (TPSA) is 49.0 Å². The Kier molecular flexibility index (Phi) is 4.71. The van der Waals surface area contributed by atoms with Crippen molar-refractivity contribution in [1.82, 2.24) is 14.9 Å². The zero-order valence-electron chi connectivity index (χ0n) is 10.9. The van der Waals surface area contributed by atoms with Gasteiger partial charge in [-0.2, -0.15) is 11.8 Å². The second-order valence-corrected chi connectivity index (χ2v) is 5.76. The van der Waals surface area contributed by atoms with Gasteiger partial charge in [0.15, 0.2) is 0 Å². The molecule has 102 valence electrons. The fourth-order valence-electron chi connectivity index (χ4n) is 1.80. The molecule has 0 aliphatic heterocycles. The van der Waals surface area contributed by atoms with Crippen LogP contribution in [0.15, 0.2) is 18.2 Å². The molecule has 2 rings (SSSR count). The van der Waals surface area contributed by atoms with Crippen molar-refractivity contribution < 1.29 is 4.79 Å². The number of nitrogens with zero attached hydrogens (tertiary/aromatic N) is 2. The second kappa shape index (κ2) is 6.30. The van der Waals surface area contributed by atoms with Gasteiger partial charge in [0.05, 0.1) is 17.6 Å². The summed E-state index contributed by atoms with van der Waals surface area (Å²) in [5.74, 6) is 1.75. The van der Waals surface area contributed by atoms with Crippen molar-refractivity contribution in [1.29, 1.82) is 0 Å². The minimum Gasteiger partial charge on any atom is -0.340 e. The van der Waals surface area contributed by atoms with Crippen LogP contribution in [0.3, 0.4) is 0 Å². The molecule has 0 fully saturated rings. The lowest BCUT2D eigenvalue weighted by Crippen LogP contribution is -2.26. The number of halogens is 1. The maximum Gasteiger partial charge on any atom is 0.223 e. The molecule has 1 aromatic carbocycles. The Balaban J connectivity index is 2.06. The summed E-state index contributed by atoms with van der Waals surface area (Å²) < 4.78 is 0. The van der Waals surface area contributed by atoms with Gasteiger partial charge >= 0.3 is 0 Å². The molecule has 1 aromatic heterocycles. The summed E-state index contributed by atoms with van der Waals surface area (Å²) in [7, 11) is 1.79. The van der Waals surface area contributed by atoms with Gasteiger partial charge in [0.1, 0.15) is 5.82 Å². The summed E-state index contributed by atoms with van der Waals surface area (Å²) in [6.45, 7) is 0.486. The van der Waals surface area contributed by atoms with Crippen LogP contribution in [0.2, 0.25) is 5.02 Å². The highest BCUT2D eigenvalue weighted by atomic mass is 35.5. The van der Waals surface area contributed by atoms with Crippen molar-refractivity contribution in [3.8, 4) is 0 Å². The van der Waals surface area contributed by atoms with Gasteiger partial charge in [0, 0.05) is 24.2 Å². The molecule has 0 bridgehead atoms. The van der Waals surface area contributed by atoms with E-state index in [-0.39, 0.29) is 5.91 Å². The molecule has 1 N–H and O–H groups in total. The number of aromatic amines is 1. The number of amides is 1. The first-order valence-corrected chi connectivity index (χ1v) is 7.74. The molecular weight excluding hydrogens is 282 g/mol. The molecule has 0 radical (unpaired) electrons. The number of carbonyl (C=O) groups is 1. The number of carbonyl (C=O) groups excluding carboxylic acids is 1. The molecule has 2 aromatic rings. The lowest BCUT2D eigenvalue weighted by molar-refractivity contribution is -0.130. The van der Waals surface area contributed by atoms with E-state index in [1.165, 1.54) is 0 Å². The number of nitrogens with one attached hydrogen (secondary N) is 1. The number of rotatable bonds is 5. The lowest BCUT2D eigenvalue weighted by atomic mass is 10.3. The highest BCUT2D eigenvalue weighted by Crippen LogP contribution is 2.17. The molecule has 0 atom stereocenters. The number of hydrogen-bond donors (Lipinski definition) is 1. The summed E-state index contributed by atoms with van der Waals surface area (Å²) in [5.41, 5.74) is 1.76. The third-order valence-electron chi connectivity index (χ3n) is 2.83. The highest BCUT2D eigenvalue weighted by Gasteiger charge is 2.11. The van der Waals surface area contributed by atoms with Crippen LogP contribution in [0.1, 0.15) is 12.2 Å². The molecule has 6 heteroatoms. The van der Waals surface area contributed by atoms with Gasteiger partial charge in [-0.25, -0.2) is 4.98 Å². The molecule has 0 spiro atoms. The Bertz CT molecular complexity index is 584. The molecule has 19 heavy (non-hydrogen) atoms. The number of fused-ring (bicyclic) bond motifs is 1. The fraction of sp³-hybridized carbons (Fsp3) is 0.385. The Morgan fingerprint density at radius 2 is 2.32 bits per heavy atom. The average Bonchev–Trinajstić information content (AvgIpc) is 2.77. The smallest absolute Gasteiger partial charge is 0.223 e. The maximum atomic E-state index is 11.8. The van der Waals surface area contributed by atoms with E-state index in [2.05, 4.69) is 9.97 Å². The predicted molar refractivity (Wildman–Crippen MR) is 80.6 cm³/mol. The normalized spacial score (nSPS) is 10.9. The van der Waals surface area contributed by atoms with Gasteiger partial charge in [-0.1, -0.05) is 11.6 Å². The standard InChI is InChI=1S/C13H16ClN3OS/c1-17(13(18)5-6-19-2)8-12-15-10-4-3-9(14)7-11(10)16-12/h3-4,7H,5-6,8H2,1-2H3,(H,15,16).